The fourth-order valence-corrected chi connectivity index (χ4v) is 2.11. The van der Waals surface area contributed by atoms with Crippen LogP contribution in [0.4, 0.5) is 5.82 Å². The summed E-state index contributed by atoms with van der Waals surface area (Å²) in [7, 11) is 0. The minimum Gasteiger partial charge on any atom is -0.378 e. The number of amides is 1. The SMILES string of the molecule is Cc1[nH]nc(NC(=O)C2CCCOC2C)c1Cl. The monoisotopic (exact) mass is 257 g/mol. The van der Waals surface area contributed by atoms with E-state index in [9.17, 15) is 4.79 Å². The van der Waals surface area contributed by atoms with Gasteiger partial charge in [0.2, 0.25) is 5.91 Å². The van der Waals surface area contributed by atoms with Gasteiger partial charge >= 0.3 is 0 Å². The zero-order valence-corrected chi connectivity index (χ0v) is 10.7. The highest BCUT2D eigenvalue weighted by molar-refractivity contribution is 6.34. The van der Waals surface area contributed by atoms with Crippen molar-refractivity contribution in [3.8, 4) is 0 Å². The molecular weight excluding hydrogens is 242 g/mol. The molecule has 2 atom stereocenters. The van der Waals surface area contributed by atoms with E-state index in [2.05, 4.69) is 15.5 Å². The van der Waals surface area contributed by atoms with Gasteiger partial charge < -0.3 is 10.1 Å². The van der Waals surface area contributed by atoms with E-state index in [1.165, 1.54) is 0 Å². The number of anilines is 1. The number of hydrogen-bond acceptors (Lipinski definition) is 3. The first-order chi connectivity index (χ1) is 8.09. The van der Waals surface area contributed by atoms with Crippen LogP contribution in [0.2, 0.25) is 5.02 Å². The van der Waals surface area contributed by atoms with Crippen molar-refractivity contribution in [1.29, 1.82) is 0 Å². The van der Waals surface area contributed by atoms with E-state index in [-0.39, 0.29) is 17.9 Å². The summed E-state index contributed by atoms with van der Waals surface area (Å²) in [6.45, 7) is 4.45. The third kappa shape index (κ3) is 2.61. The van der Waals surface area contributed by atoms with Gasteiger partial charge in [-0.2, -0.15) is 5.10 Å². The van der Waals surface area contributed by atoms with Gasteiger partial charge in [0.25, 0.3) is 0 Å². The Morgan fingerprint density at radius 3 is 3.00 bits per heavy atom. The molecule has 5 nitrogen and oxygen atoms in total. The maximum absolute atomic E-state index is 12.0. The number of hydrogen-bond donors (Lipinski definition) is 2. The highest BCUT2D eigenvalue weighted by Gasteiger charge is 2.29. The molecule has 0 radical (unpaired) electrons. The van der Waals surface area contributed by atoms with Gasteiger partial charge in [0.1, 0.15) is 5.02 Å². The second-order valence-electron chi connectivity index (χ2n) is 4.33. The number of H-pyrrole nitrogens is 1. The molecular formula is C11H16ClN3O2. The molecule has 2 N–H and O–H groups in total. The van der Waals surface area contributed by atoms with Gasteiger partial charge in [-0.05, 0) is 26.7 Å². The van der Waals surface area contributed by atoms with Crippen LogP contribution in [-0.2, 0) is 9.53 Å². The van der Waals surface area contributed by atoms with E-state index in [0.717, 1.165) is 25.1 Å². The standard InChI is InChI=1S/C11H16ClN3O2/c1-6-9(12)10(15-14-6)13-11(16)8-4-3-5-17-7(8)2/h7-8H,3-5H2,1-2H3,(H2,13,14,15,16). The van der Waals surface area contributed by atoms with Gasteiger partial charge in [0, 0.05) is 6.61 Å². The third-order valence-corrected chi connectivity index (χ3v) is 3.52. The first kappa shape index (κ1) is 12.4. The lowest BCUT2D eigenvalue weighted by Crippen LogP contribution is -2.36. The van der Waals surface area contributed by atoms with E-state index in [4.69, 9.17) is 16.3 Å². The van der Waals surface area contributed by atoms with E-state index in [1.807, 2.05) is 6.92 Å². The molecule has 1 aromatic rings. The molecule has 2 heterocycles. The molecule has 1 aromatic heterocycles. The van der Waals surface area contributed by atoms with Crippen LogP contribution in [0.5, 0.6) is 0 Å². The molecule has 2 rings (SSSR count). The number of halogens is 1. The van der Waals surface area contributed by atoms with Gasteiger partial charge in [-0.15, -0.1) is 0 Å². The lowest BCUT2D eigenvalue weighted by atomic mass is 9.94. The highest BCUT2D eigenvalue weighted by Crippen LogP contribution is 2.25. The van der Waals surface area contributed by atoms with Crippen LogP contribution in [0.25, 0.3) is 0 Å². The topological polar surface area (TPSA) is 67.0 Å². The minimum absolute atomic E-state index is 0.0532. The molecule has 1 fully saturated rings. The van der Waals surface area contributed by atoms with Gasteiger partial charge in [0.05, 0.1) is 17.7 Å². The van der Waals surface area contributed by atoms with Crippen molar-refractivity contribution in [3.05, 3.63) is 10.7 Å². The Bertz CT molecular complexity index is 419. The Hall–Kier alpha value is -1.07. The lowest BCUT2D eigenvalue weighted by molar-refractivity contribution is -0.127. The van der Waals surface area contributed by atoms with Crippen LogP contribution >= 0.6 is 11.6 Å². The quantitative estimate of drug-likeness (QED) is 0.853. The third-order valence-electron chi connectivity index (χ3n) is 3.06. The summed E-state index contributed by atoms with van der Waals surface area (Å²) in [4.78, 5) is 12.0. The molecule has 94 valence electrons. The smallest absolute Gasteiger partial charge is 0.231 e. The average Bonchev–Trinajstić information content (AvgIpc) is 2.61. The summed E-state index contributed by atoms with van der Waals surface area (Å²) in [5, 5.41) is 9.87. The van der Waals surface area contributed by atoms with E-state index in [1.54, 1.807) is 6.92 Å². The molecule has 0 aromatic carbocycles. The largest absolute Gasteiger partial charge is 0.378 e. The van der Waals surface area contributed by atoms with Gasteiger partial charge in [-0.1, -0.05) is 11.6 Å². The highest BCUT2D eigenvalue weighted by atomic mass is 35.5. The summed E-state index contributed by atoms with van der Waals surface area (Å²) in [6, 6.07) is 0. The van der Waals surface area contributed by atoms with E-state index in [0.29, 0.717) is 10.8 Å². The molecule has 1 aliphatic heterocycles. The summed E-state index contributed by atoms with van der Waals surface area (Å²) in [6.07, 6.45) is 1.70. The number of ether oxygens (including phenoxy) is 1. The maximum Gasteiger partial charge on any atom is 0.231 e. The molecule has 1 saturated heterocycles. The average molecular weight is 258 g/mol. The van der Waals surface area contributed by atoms with Crippen molar-refractivity contribution in [1.82, 2.24) is 10.2 Å². The Kier molecular flexibility index (Phi) is 3.69. The Morgan fingerprint density at radius 1 is 1.65 bits per heavy atom. The normalized spacial score (nSPS) is 24.6. The summed E-state index contributed by atoms with van der Waals surface area (Å²) >= 11 is 5.99. The van der Waals surface area contributed by atoms with Crippen molar-refractivity contribution >= 4 is 23.3 Å². The molecule has 1 aliphatic rings. The Morgan fingerprint density at radius 2 is 2.41 bits per heavy atom. The number of nitrogens with zero attached hydrogens (tertiary/aromatic N) is 1. The lowest BCUT2D eigenvalue weighted by Gasteiger charge is -2.27. The van der Waals surface area contributed by atoms with Crippen molar-refractivity contribution < 1.29 is 9.53 Å². The van der Waals surface area contributed by atoms with Crippen molar-refractivity contribution in [3.63, 3.8) is 0 Å². The van der Waals surface area contributed by atoms with Gasteiger partial charge in [-0.25, -0.2) is 0 Å². The fraction of sp³-hybridized carbons (Fsp3) is 0.636. The molecule has 0 bridgehead atoms. The number of aromatic nitrogens is 2. The molecule has 1 amide bonds. The number of aromatic amines is 1. The van der Waals surface area contributed by atoms with Gasteiger partial charge in [-0.3, -0.25) is 9.89 Å². The van der Waals surface area contributed by atoms with Crippen LogP contribution in [0.1, 0.15) is 25.5 Å². The molecule has 17 heavy (non-hydrogen) atoms. The zero-order chi connectivity index (χ0) is 12.4. The predicted molar refractivity (Wildman–Crippen MR) is 65.1 cm³/mol. The number of carbonyl (C=O) groups is 1. The fourth-order valence-electron chi connectivity index (χ4n) is 1.98. The minimum atomic E-state index is -0.128. The Balaban J connectivity index is 2.03. The first-order valence-electron chi connectivity index (χ1n) is 5.72. The summed E-state index contributed by atoms with van der Waals surface area (Å²) in [5.74, 6) is 0.189. The first-order valence-corrected chi connectivity index (χ1v) is 6.10. The summed E-state index contributed by atoms with van der Waals surface area (Å²) < 4.78 is 5.46. The van der Waals surface area contributed by atoms with E-state index < -0.39 is 0 Å². The molecule has 2 unspecified atom stereocenters. The molecule has 6 heteroatoms. The number of nitrogens with one attached hydrogen (secondary N) is 2. The maximum atomic E-state index is 12.0. The van der Waals surface area contributed by atoms with Crippen LogP contribution < -0.4 is 5.32 Å². The second kappa shape index (κ2) is 5.06. The molecule has 0 aliphatic carbocycles. The molecule has 0 spiro atoms. The Labute approximate surface area is 105 Å². The zero-order valence-electron chi connectivity index (χ0n) is 9.92. The van der Waals surface area contributed by atoms with Crippen molar-refractivity contribution in [2.45, 2.75) is 32.8 Å². The summed E-state index contributed by atoms with van der Waals surface area (Å²) in [5.41, 5.74) is 0.745. The molecule has 0 saturated carbocycles. The van der Waals surface area contributed by atoms with Crippen LogP contribution in [0, 0.1) is 12.8 Å². The van der Waals surface area contributed by atoms with Crippen molar-refractivity contribution in [2.75, 3.05) is 11.9 Å². The number of rotatable bonds is 2. The predicted octanol–water partition coefficient (Wildman–Crippen LogP) is 2.13. The van der Waals surface area contributed by atoms with Crippen LogP contribution in [0.15, 0.2) is 0 Å². The van der Waals surface area contributed by atoms with Gasteiger partial charge in [0.15, 0.2) is 5.82 Å². The second-order valence-corrected chi connectivity index (χ2v) is 4.70. The van der Waals surface area contributed by atoms with E-state index >= 15 is 0 Å². The number of aryl methyl sites for hydroxylation is 1. The van der Waals surface area contributed by atoms with Crippen LogP contribution in [0.3, 0.4) is 0 Å². The van der Waals surface area contributed by atoms with Crippen molar-refractivity contribution in [2.24, 2.45) is 5.92 Å². The van der Waals surface area contributed by atoms with Crippen LogP contribution in [-0.4, -0.2) is 28.8 Å². The number of carbonyl (C=O) groups excluding carboxylic acids is 1.